The van der Waals surface area contributed by atoms with Gasteiger partial charge < -0.3 is 14.5 Å². The van der Waals surface area contributed by atoms with Gasteiger partial charge in [0, 0.05) is 24.1 Å². The Kier molecular flexibility index (Phi) is 3.37. The van der Waals surface area contributed by atoms with Gasteiger partial charge in [0.05, 0.1) is 6.42 Å². The summed E-state index contributed by atoms with van der Waals surface area (Å²) < 4.78 is 5.29. The molecule has 2 fully saturated rings. The van der Waals surface area contributed by atoms with E-state index >= 15 is 0 Å². The monoisotopic (exact) mass is 300 g/mol. The summed E-state index contributed by atoms with van der Waals surface area (Å²) in [7, 11) is 0. The van der Waals surface area contributed by atoms with Crippen LogP contribution in [0.4, 0.5) is 0 Å². The fourth-order valence-electron chi connectivity index (χ4n) is 4.15. The zero-order chi connectivity index (χ0) is 15.1. The lowest BCUT2D eigenvalue weighted by atomic mass is 9.91. The molecule has 1 amide bonds. The zero-order valence-electron chi connectivity index (χ0n) is 12.4. The number of piperidine rings is 1. The molecule has 2 aliphatic heterocycles. The summed E-state index contributed by atoms with van der Waals surface area (Å²) in [5.41, 5.74) is 1.46. The van der Waals surface area contributed by atoms with Crippen molar-refractivity contribution in [3.8, 4) is 0 Å². The Morgan fingerprint density at radius 3 is 2.73 bits per heavy atom. The van der Waals surface area contributed by atoms with E-state index in [9.17, 15) is 9.90 Å². The second-order valence-electron chi connectivity index (χ2n) is 6.51. The molecule has 0 saturated carbocycles. The number of carbonyl (C=O) groups excluding carboxylic acids is 1. The first kappa shape index (κ1) is 13.8. The number of nitrogens with zero attached hydrogens (tertiary/aromatic N) is 2. The van der Waals surface area contributed by atoms with Crippen LogP contribution in [0.2, 0.25) is 0 Å². The van der Waals surface area contributed by atoms with Gasteiger partial charge in [0.25, 0.3) is 0 Å². The van der Waals surface area contributed by atoms with Crippen molar-refractivity contribution in [3.63, 3.8) is 0 Å². The van der Waals surface area contributed by atoms with Gasteiger partial charge in [-0.25, -0.2) is 0 Å². The van der Waals surface area contributed by atoms with Crippen LogP contribution in [0.25, 0.3) is 11.0 Å². The molecule has 1 aromatic carbocycles. The molecule has 3 heterocycles. The van der Waals surface area contributed by atoms with Crippen molar-refractivity contribution < 1.29 is 14.4 Å². The highest BCUT2D eigenvalue weighted by Crippen LogP contribution is 2.39. The number of carbonyl (C=O) groups is 1. The molecular formula is C17H20N2O3. The minimum Gasteiger partial charge on any atom is -0.396 e. The molecule has 1 unspecified atom stereocenters. The lowest BCUT2D eigenvalue weighted by Crippen LogP contribution is -2.47. The van der Waals surface area contributed by atoms with E-state index in [2.05, 4.69) is 10.1 Å². The predicted molar refractivity (Wildman–Crippen MR) is 81.2 cm³/mol. The van der Waals surface area contributed by atoms with Crippen molar-refractivity contribution in [2.75, 3.05) is 6.61 Å². The number of hydrogen-bond acceptors (Lipinski definition) is 4. The average molecular weight is 300 g/mol. The normalized spacial score (nSPS) is 27.5. The first-order valence-corrected chi connectivity index (χ1v) is 8.01. The third kappa shape index (κ3) is 2.20. The summed E-state index contributed by atoms with van der Waals surface area (Å²) in [5.74, 6) is 0.498. The molecule has 1 aromatic heterocycles. The topological polar surface area (TPSA) is 66.6 Å². The fourth-order valence-corrected chi connectivity index (χ4v) is 4.15. The number of amides is 1. The highest BCUT2D eigenvalue weighted by molar-refractivity contribution is 5.86. The maximum atomic E-state index is 12.7. The van der Waals surface area contributed by atoms with Crippen LogP contribution >= 0.6 is 0 Å². The Morgan fingerprint density at radius 2 is 2.00 bits per heavy atom. The Labute approximate surface area is 128 Å². The molecule has 5 heteroatoms. The Bertz CT molecular complexity index is 682. The molecule has 0 radical (unpaired) electrons. The molecule has 2 aliphatic rings. The van der Waals surface area contributed by atoms with Crippen molar-refractivity contribution in [3.05, 3.63) is 30.0 Å². The van der Waals surface area contributed by atoms with Gasteiger partial charge in [0.1, 0.15) is 5.69 Å². The molecule has 0 aliphatic carbocycles. The number of para-hydroxylation sites is 1. The molecule has 2 bridgehead atoms. The average Bonchev–Trinajstić information content (AvgIpc) is 3.06. The van der Waals surface area contributed by atoms with E-state index in [0.29, 0.717) is 24.4 Å². The van der Waals surface area contributed by atoms with Crippen LogP contribution in [0.3, 0.4) is 0 Å². The highest BCUT2D eigenvalue weighted by Gasteiger charge is 2.42. The summed E-state index contributed by atoms with van der Waals surface area (Å²) in [6.07, 6.45) is 4.28. The lowest BCUT2D eigenvalue weighted by molar-refractivity contribution is -0.136. The van der Waals surface area contributed by atoms with Crippen LogP contribution in [0.15, 0.2) is 28.8 Å². The minimum atomic E-state index is 0.142. The van der Waals surface area contributed by atoms with Gasteiger partial charge in [-0.05, 0) is 43.7 Å². The van der Waals surface area contributed by atoms with E-state index in [1.165, 1.54) is 0 Å². The van der Waals surface area contributed by atoms with Crippen LogP contribution in [0, 0.1) is 5.92 Å². The van der Waals surface area contributed by atoms with Crippen molar-refractivity contribution in [2.45, 2.75) is 44.2 Å². The van der Waals surface area contributed by atoms with E-state index in [1.807, 2.05) is 24.3 Å². The maximum absolute atomic E-state index is 12.7. The van der Waals surface area contributed by atoms with Gasteiger partial charge in [0.15, 0.2) is 5.58 Å². The Hall–Kier alpha value is -1.88. The Morgan fingerprint density at radius 1 is 1.27 bits per heavy atom. The van der Waals surface area contributed by atoms with Gasteiger partial charge in [-0.2, -0.15) is 0 Å². The van der Waals surface area contributed by atoms with Gasteiger partial charge in [0.2, 0.25) is 5.91 Å². The third-order valence-corrected chi connectivity index (χ3v) is 5.15. The first-order chi connectivity index (χ1) is 10.8. The molecule has 3 atom stereocenters. The van der Waals surface area contributed by atoms with Gasteiger partial charge in [-0.3, -0.25) is 4.79 Å². The zero-order valence-corrected chi connectivity index (χ0v) is 12.4. The van der Waals surface area contributed by atoms with Crippen LogP contribution < -0.4 is 0 Å². The molecular weight excluding hydrogens is 280 g/mol. The lowest BCUT2D eigenvalue weighted by Gasteiger charge is -2.38. The van der Waals surface area contributed by atoms with Crippen molar-refractivity contribution >= 4 is 16.9 Å². The van der Waals surface area contributed by atoms with Crippen LogP contribution in [0.5, 0.6) is 0 Å². The summed E-state index contributed by atoms with van der Waals surface area (Å²) in [4.78, 5) is 14.8. The van der Waals surface area contributed by atoms with Crippen molar-refractivity contribution in [2.24, 2.45) is 5.92 Å². The van der Waals surface area contributed by atoms with Crippen LogP contribution in [-0.4, -0.2) is 39.8 Å². The summed E-state index contributed by atoms with van der Waals surface area (Å²) >= 11 is 0. The largest absolute Gasteiger partial charge is 0.396 e. The molecule has 22 heavy (non-hydrogen) atoms. The molecule has 1 N–H and O–H groups in total. The molecule has 2 saturated heterocycles. The van der Waals surface area contributed by atoms with Crippen LogP contribution in [-0.2, 0) is 11.2 Å². The van der Waals surface area contributed by atoms with Crippen molar-refractivity contribution in [1.82, 2.24) is 10.1 Å². The van der Waals surface area contributed by atoms with E-state index in [0.717, 1.165) is 42.3 Å². The molecule has 5 nitrogen and oxygen atoms in total. The number of hydrogen-bond donors (Lipinski definition) is 1. The number of aliphatic hydroxyl groups excluding tert-OH is 1. The summed E-state index contributed by atoms with van der Waals surface area (Å²) in [5, 5.41) is 14.4. The quantitative estimate of drug-likeness (QED) is 0.943. The molecule has 4 rings (SSSR count). The van der Waals surface area contributed by atoms with Crippen LogP contribution in [0.1, 0.15) is 31.4 Å². The number of rotatable bonds is 3. The molecule has 2 aromatic rings. The van der Waals surface area contributed by atoms with Gasteiger partial charge in [-0.1, -0.05) is 17.3 Å². The fraction of sp³-hybridized carbons (Fsp3) is 0.529. The third-order valence-electron chi connectivity index (χ3n) is 5.15. The summed E-state index contributed by atoms with van der Waals surface area (Å²) in [6, 6.07) is 8.24. The first-order valence-electron chi connectivity index (χ1n) is 8.01. The SMILES string of the molecule is O=C(Cc1noc2ccccc12)N1[C@@H]2CC[C@H]1CC(CO)C2. The maximum Gasteiger partial charge on any atom is 0.229 e. The minimum absolute atomic E-state index is 0.142. The van der Waals surface area contributed by atoms with Crippen molar-refractivity contribution in [1.29, 1.82) is 0 Å². The number of aliphatic hydroxyl groups is 1. The summed E-state index contributed by atoms with van der Waals surface area (Å²) in [6.45, 7) is 0.239. The van der Waals surface area contributed by atoms with Gasteiger partial charge in [-0.15, -0.1) is 0 Å². The highest BCUT2D eigenvalue weighted by atomic mass is 16.5. The van der Waals surface area contributed by atoms with E-state index in [-0.39, 0.29) is 12.5 Å². The number of fused-ring (bicyclic) bond motifs is 3. The predicted octanol–water partition coefficient (Wildman–Crippen LogP) is 2.13. The molecule has 116 valence electrons. The van der Waals surface area contributed by atoms with E-state index in [4.69, 9.17) is 4.52 Å². The second-order valence-corrected chi connectivity index (χ2v) is 6.51. The standard InChI is InChI=1S/C17H20N2O3/c20-10-11-7-12-5-6-13(8-11)19(12)17(21)9-15-14-3-1-2-4-16(14)22-18-15/h1-4,11-13,20H,5-10H2/t11?,12-,13+. The van der Waals surface area contributed by atoms with E-state index < -0.39 is 0 Å². The smallest absolute Gasteiger partial charge is 0.229 e. The van der Waals surface area contributed by atoms with E-state index in [1.54, 1.807) is 0 Å². The number of aromatic nitrogens is 1. The molecule has 0 spiro atoms. The second kappa shape index (κ2) is 5.39. The Balaban J connectivity index is 1.53. The van der Waals surface area contributed by atoms with Gasteiger partial charge >= 0.3 is 0 Å². The number of benzene rings is 1.